The van der Waals surface area contributed by atoms with Gasteiger partial charge in [-0.3, -0.25) is 4.79 Å². The van der Waals surface area contributed by atoms with E-state index in [1.54, 1.807) is 24.3 Å². The molecule has 0 spiro atoms. The molecule has 0 aromatic heterocycles. The first-order chi connectivity index (χ1) is 12.2. The summed E-state index contributed by atoms with van der Waals surface area (Å²) in [7, 11) is -3.54. The molecule has 1 aromatic rings. The molecular formula is C20H30N2O3S. The zero-order valence-corrected chi connectivity index (χ0v) is 16.7. The second-order valence-electron chi connectivity index (χ2n) is 8.42. The quantitative estimate of drug-likeness (QED) is 0.758. The summed E-state index contributed by atoms with van der Waals surface area (Å²) >= 11 is 0. The number of rotatable bonds is 7. The Labute approximate surface area is 157 Å². The van der Waals surface area contributed by atoms with E-state index >= 15 is 0 Å². The second-order valence-corrected chi connectivity index (χ2v) is 10.1. The topological polar surface area (TPSA) is 75.3 Å². The summed E-state index contributed by atoms with van der Waals surface area (Å²) in [5.41, 5.74) is 0.621. The van der Waals surface area contributed by atoms with Crippen molar-refractivity contribution in [3.05, 3.63) is 24.3 Å². The zero-order valence-electron chi connectivity index (χ0n) is 15.9. The van der Waals surface area contributed by atoms with Gasteiger partial charge in [-0.05, 0) is 74.1 Å². The van der Waals surface area contributed by atoms with E-state index in [4.69, 9.17) is 0 Å². The van der Waals surface area contributed by atoms with Crippen LogP contribution < -0.4 is 10.0 Å². The molecule has 3 rings (SSSR count). The van der Waals surface area contributed by atoms with E-state index in [0.29, 0.717) is 23.9 Å². The molecule has 6 heteroatoms. The molecule has 2 aliphatic carbocycles. The van der Waals surface area contributed by atoms with E-state index in [9.17, 15) is 13.2 Å². The highest BCUT2D eigenvalue weighted by Crippen LogP contribution is 2.49. The number of hydrogen-bond donors (Lipinski definition) is 2. The molecule has 1 aromatic carbocycles. The number of carbonyl (C=O) groups is 1. The SMILES string of the molecule is CC(C)CC(=O)Nc1ccc(S(=O)(=O)NC(C)C2CC3CCC2C3)cc1. The van der Waals surface area contributed by atoms with E-state index < -0.39 is 10.0 Å². The summed E-state index contributed by atoms with van der Waals surface area (Å²) in [6, 6.07) is 6.37. The Morgan fingerprint density at radius 1 is 1.12 bits per heavy atom. The Kier molecular flexibility index (Phi) is 5.72. The smallest absolute Gasteiger partial charge is 0.240 e. The summed E-state index contributed by atoms with van der Waals surface area (Å²) in [6.07, 6.45) is 5.41. The predicted octanol–water partition coefficient (Wildman–Crippen LogP) is 3.77. The highest BCUT2D eigenvalue weighted by Gasteiger charge is 2.42. The van der Waals surface area contributed by atoms with Crippen LogP contribution in [0.15, 0.2) is 29.2 Å². The van der Waals surface area contributed by atoms with Gasteiger partial charge in [0.25, 0.3) is 0 Å². The number of nitrogens with one attached hydrogen (secondary N) is 2. The van der Waals surface area contributed by atoms with E-state index in [-0.39, 0.29) is 22.8 Å². The van der Waals surface area contributed by atoms with Gasteiger partial charge in [0.1, 0.15) is 0 Å². The first-order valence-corrected chi connectivity index (χ1v) is 11.1. The van der Waals surface area contributed by atoms with Crippen molar-refractivity contribution in [2.45, 2.75) is 63.8 Å². The lowest BCUT2D eigenvalue weighted by molar-refractivity contribution is -0.116. The van der Waals surface area contributed by atoms with Crippen LogP contribution in [0.25, 0.3) is 0 Å². The van der Waals surface area contributed by atoms with Crippen molar-refractivity contribution >= 4 is 21.6 Å². The Hall–Kier alpha value is -1.40. The van der Waals surface area contributed by atoms with Gasteiger partial charge in [0, 0.05) is 18.2 Å². The number of benzene rings is 1. The van der Waals surface area contributed by atoms with Crippen LogP contribution in [0.3, 0.4) is 0 Å². The van der Waals surface area contributed by atoms with Gasteiger partial charge in [0.15, 0.2) is 0 Å². The number of fused-ring (bicyclic) bond motifs is 2. The molecule has 2 fully saturated rings. The fraction of sp³-hybridized carbons (Fsp3) is 0.650. The first kappa shape index (κ1) is 19.4. The Morgan fingerprint density at radius 2 is 1.81 bits per heavy atom. The van der Waals surface area contributed by atoms with Crippen molar-refractivity contribution in [3.63, 3.8) is 0 Å². The van der Waals surface area contributed by atoms with Gasteiger partial charge in [-0.25, -0.2) is 13.1 Å². The van der Waals surface area contributed by atoms with Gasteiger partial charge in [0.05, 0.1) is 4.90 Å². The van der Waals surface area contributed by atoms with Crippen molar-refractivity contribution in [2.24, 2.45) is 23.7 Å². The van der Waals surface area contributed by atoms with Gasteiger partial charge >= 0.3 is 0 Å². The van der Waals surface area contributed by atoms with Gasteiger partial charge in [0.2, 0.25) is 15.9 Å². The predicted molar refractivity (Wildman–Crippen MR) is 103 cm³/mol. The Balaban J connectivity index is 1.61. The molecule has 0 heterocycles. The molecule has 4 unspecified atom stereocenters. The van der Waals surface area contributed by atoms with E-state index in [0.717, 1.165) is 12.3 Å². The van der Waals surface area contributed by atoms with Gasteiger partial charge < -0.3 is 5.32 Å². The molecule has 0 aliphatic heterocycles. The number of hydrogen-bond acceptors (Lipinski definition) is 3. The molecule has 2 saturated carbocycles. The summed E-state index contributed by atoms with van der Waals surface area (Å²) in [6.45, 7) is 5.96. The van der Waals surface area contributed by atoms with E-state index in [2.05, 4.69) is 10.0 Å². The fourth-order valence-electron chi connectivity index (χ4n) is 4.61. The van der Waals surface area contributed by atoms with E-state index in [1.165, 1.54) is 19.3 Å². The lowest BCUT2D eigenvalue weighted by Crippen LogP contribution is -2.40. The molecule has 0 radical (unpaired) electrons. The average Bonchev–Trinajstić information content (AvgIpc) is 3.17. The molecule has 4 atom stereocenters. The Bertz CT molecular complexity index is 743. The van der Waals surface area contributed by atoms with Crippen molar-refractivity contribution in [2.75, 3.05) is 5.32 Å². The van der Waals surface area contributed by atoms with Gasteiger partial charge in [-0.2, -0.15) is 0 Å². The number of anilines is 1. The largest absolute Gasteiger partial charge is 0.326 e. The molecular weight excluding hydrogens is 348 g/mol. The highest BCUT2D eigenvalue weighted by atomic mass is 32.2. The summed E-state index contributed by atoms with van der Waals surface area (Å²) in [5, 5.41) is 2.80. The summed E-state index contributed by atoms with van der Waals surface area (Å²) in [4.78, 5) is 12.1. The minimum atomic E-state index is -3.54. The normalized spacial score (nSPS) is 26.2. The van der Waals surface area contributed by atoms with Crippen molar-refractivity contribution in [1.29, 1.82) is 0 Å². The first-order valence-electron chi connectivity index (χ1n) is 9.67. The maximum atomic E-state index is 12.7. The van der Waals surface area contributed by atoms with Crippen LogP contribution in [-0.4, -0.2) is 20.4 Å². The monoisotopic (exact) mass is 378 g/mol. The molecule has 0 saturated heterocycles. The van der Waals surface area contributed by atoms with Crippen LogP contribution in [-0.2, 0) is 14.8 Å². The van der Waals surface area contributed by atoms with Gasteiger partial charge in [-0.15, -0.1) is 0 Å². The minimum absolute atomic E-state index is 0.0410. The maximum Gasteiger partial charge on any atom is 0.240 e. The number of sulfonamides is 1. The molecule has 2 N–H and O–H groups in total. The molecule has 1 amide bonds. The highest BCUT2D eigenvalue weighted by molar-refractivity contribution is 7.89. The maximum absolute atomic E-state index is 12.7. The lowest BCUT2D eigenvalue weighted by Gasteiger charge is -2.28. The number of carbonyl (C=O) groups excluding carboxylic acids is 1. The molecule has 26 heavy (non-hydrogen) atoms. The average molecular weight is 379 g/mol. The third-order valence-electron chi connectivity index (χ3n) is 5.82. The lowest BCUT2D eigenvalue weighted by atomic mass is 9.84. The zero-order chi connectivity index (χ0) is 18.9. The Morgan fingerprint density at radius 3 is 2.35 bits per heavy atom. The van der Waals surface area contributed by atoms with Crippen LogP contribution in [0.4, 0.5) is 5.69 Å². The van der Waals surface area contributed by atoms with Crippen LogP contribution in [0.2, 0.25) is 0 Å². The van der Waals surface area contributed by atoms with Crippen molar-refractivity contribution in [3.8, 4) is 0 Å². The van der Waals surface area contributed by atoms with Crippen molar-refractivity contribution < 1.29 is 13.2 Å². The standard InChI is InChI=1S/C20H30N2O3S/c1-13(2)10-20(23)21-17-6-8-18(9-7-17)26(24,25)22-14(3)19-12-15-4-5-16(19)11-15/h6-9,13-16,19,22H,4-5,10-12H2,1-3H3,(H,21,23). The van der Waals surface area contributed by atoms with Crippen LogP contribution in [0.5, 0.6) is 0 Å². The van der Waals surface area contributed by atoms with Crippen molar-refractivity contribution in [1.82, 2.24) is 4.72 Å². The van der Waals surface area contributed by atoms with Crippen LogP contribution in [0.1, 0.15) is 52.9 Å². The van der Waals surface area contributed by atoms with Gasteiger partial charge in [-0.1, -0.05) is 20.3 Å². The summed E-state index contributed by atoms with van der Waals surface area (Å²) in [5.74, 6) is 2.16. The molecule has 144 valence electrons. The minimum Gasteiger partial charge on any atom is -0.326 e. The molecule has 2 aliphatic rings. The van der Waals surface area contributed by atoms with Crippen LogP contribution in [0, 0.1) is 23.7 Å². The third-order valence-corrected chi connectivity index (χ3v) is 7.39. The van der Waals surface area contributed by atoms with Crippen LogP contribution >= 0.6 is 0 Å². The third kappa shape index (κ3) is 4.46. The molecule has 5 nitrogen and oxygen atoms in total. The summed E-state index contributed by atoms with van der Waals surface area (Å²) < 4.78 is 28.2. The van der Waals surface area contributed by atoms with E-state index in [1.807, 2.05) is 20.8 Å². The second kappa shape index (κ2) is 7.69. The molecule has 2 bridgehead atoms. The fourth-order valence-corrected chi connectivity index (χ4v) is 5.90. The number of amides is 1.